The largest absolute Gasteiger partial charge is 0.379 e. The van der Waals surface area contributed by atoms with Crippen LogP contribution in [-0.4, -0.2) is 80.2 Å². The van der Waals surface area contributed by atoms with E-state index in [9.17, 15) is 18.0 Å². The van der Waals surface area contributed by atoms with Gasteiger partial charge in [-0.15, -0.1) is 11.8 Å². The molecule has 1 atom stereocenters. The van der Waals surface area contributed by atoms with E-state index < -0.39 is 21.7 Å². The Kier molecular flexibility index (Phi) is 12.6. The molecule has 59 heavy (non-hydrogen) atoms. The topological polar surface area (TPSA) is 134 Å². The third-order valence-corrected chi connectivity index (χ3v) is 14.1. The van der Waals surface area contributed by atoms with E-state index in [1.54, 1.807) is 30.0 Å². The molecule has 2 aromatic heterocycles. The van der Waals surface area contributed by atoms with E-state index in [4.69, 9.17) is 4.74 Å². The molecule has 2 aliphatic rings. The Balaban J connectivity index is 0.922. The number of nitrogens with zero attached hydrogens (tertiary/aromatic N) is 4. The number of hydrogen-bond donors (Lipinski definition) is 2. The number of thioether (sulfide) groups is 1. The number of aromatic nitrogens is 2. The van der Waals surface area contributed by atoms with Gasteiger partial charge in [0.1, 0.15) is 17.3 Å². The second-order valence-corrected chi connectivity index (χ2v) is 18.4. The van der Waals surface area contributed by atoms with Crippen molar-refractivity contribution in [1.29, 1.82) is 0 Å². The highest BCUT2D eigenvalue weighted by Crippen LogP contribution is 2.30. The summed E-state index contributed by atoms with van der Waals surface area (Å²) in [7, 11) is -4.44. The molecule has 1 saturated heterocycles. The van der Waals surface area contributed by atoms with E-state index in [1.165, 1.54) is 29.5 Å². The molecule has 4 aromatic carbocycles. The summed E-state index contributed by atoms with van der Waals surface area (Å²) in [4.78, 5) is 41.1. The van der Waals surface area contributed by atoms with Crippen molar-refractivity contribution >= 4 is 66.1 Å². The molecule has 0 aliphatic carbocycles. The summed E-state index contributed by atoms with van der Waals surface area (Å²) in [5.74, 6) is -0.484. The minimum Gasteiger partial charge on any atom is -0.379 e. The first-order valence-electron chi connectivity index (χ1n) is 19.5. The maximum absolute atomic E-state index is 15.7. The molecule has 4 heterocycles. The lowest BCUT2D eigenvalue weighted by Crippen LogP contribution is -2.37. The van der Waals surface area contributed by atoms with Crippen LogP contribution in [0.15, 0.2) is 119 Å². The van der Waals surface area contributed by atoms with Gasteiger partial charge in [-0.05, 0) is 103 Å². The highest BCUT2D eigenvalue weighted by atomic mass is 32.2. The molecule has 8 rings (SSSR count). The standard InChI is InChI=1S/C44H43FN6O5S3/c45-37-27-34(17-16-32(37)26-30(18-20-50-22-24-56-25-23-50)29-57-33-9-2-1-3-10-33)59(54,55)49-43(53)39-13-7-15-41(46-39)51-21-19-31-8-6-11-35(36(31)28-51)42(52)48-44-47-38-12-4-5-14-40(38)58-44/h1-17,27,30H,18-26,28-29H2,(H,49,53)(H,47,48,52)/t30-/m0/s1. The molecule has 2 amide bonds. The van der Waals surface area contributed by atoms with E-state index in [2.05, 4.69) is 37.0 Å². The van der Waals surface area contributed by atoms with E-state index in [-0.39, 0.29) is 22.4 Å². The monoisotopic (exact) mass is 850 g/mol. The van der Waals surface area contributed by atoms with Gasteiger partial charge in [0.25, 0.3) is 21.8 Å². The second kappa shape index (κ2) is 18.4. The van der Waals surface area contributed by atoms with Crippen LogP contribution < -0.4 is 14.9 Å². The predicted molar refractivity (Wildman–Crippen MR) is 230 cm³/mol. The number of fused-ring (bicyclic) bond motifs is 2. The molecule has 1 fully saturated rings. The number of halogens is 1. The van der Waals surface area contributed by atoms with Crippen LogP contribution in [0.25, 0.3) is 10.2 Å². The number of para-hydroxylation sites is 1. The molecule has 15 heteroatoms. The lowest BCUT2D eigenvalue weighted by Gasteiger charge is -2.31. The fourth-order valence-corrected chi connectivity index (χ4v) is 10.3. The highest BCUT2D eigenvalue weighted by molar-refractivity contribution is 7.99. The highest BCUT2D eigenvalue weighted by Gasteiger charge is 2.26. The summed E-state index contributed by atoms with van der Waals surface area (Å²) in [5.41, 5.74) is 3.50. The smallest absolute Gasteiger partial charge is 0.283 e. The minimum atomic E-state index is -4.44. The average Bonchev–Trinajstić information content (AvgIpc) is 3.67. The van der Waals surface area contributed by atoms with Crippen molar-refractivity contribution in [2.24, 2.45) is 5.92 Å². The van der Waals surface area contributed by atoms with Crippen molar-refractivity contribution in [3.8, 4) is 0 Å². The molecular formula is C44H43FN6O5S3. The molecular weight excluding hydrogens is 808 g/mol. The Bertz CT molecular complexity index is 2530. The molecule has 304 valence electrons. The summed E-state index contributed by atoms with van der Waals surface area (Å²) in [6, 6.07) is 32.0. The fraction of sp³-hybridized carbons (Fsp3) is 0.273. The number of thiazole rings is 1. The Morgan fingerprint density at radius 1 is 0.881 bits per heavy atom. The number of benzene rings is 4. The number of nitrogens with one attached hydrogen (secondary N) is 2. The quantitative estimate of drug-likeness (QED) is 0.107. The molecule has 2 N–H and O–H groups in total. The molecule has 0 bridgehead atoms. The number of carbonyl (C=O) groups excluding carboxylic acids is 2. The van der Waals surface area contributed by atoms with Gasteiger partial charge in [0.2, 0.25) is 0 Å². The Labute approximate surface area is 351 Å². The number of carbonyl (C=O) groups is 2. The summed E-state index contributed by atoms with van der Waals surface area (Å²) in [5, 5.41) is 3.46. The van der Waals surface area contributed by atoms with Crippen LogP contribution in [0, 0.1) is 11.7 Å². The zero-order valence-corrected chi connectivity index (χ0v) is 34.6. The Hall–Kier alpha value is -5.19. The third-order valence-electron chi connectivity index (χ3n) is 10.6. The summed E-state index contributed by atoms with van der Waals surface area (Å²) >= 11 is 3.13. The average molecular weight is 851 g/mol. The van der Waals surface area contributed by atoms with Crippen LogP contribution in [0.1, 0.15) is 44.0 Å². The Morgan fingerprint density at radius 3 is 2.49 bits per heavy atom. The number of hydrogen-bond acceptors (Lipinski definition) is 11. The Morgan fingerprint density at radius 2 is 1.68 bits per heavy atom. The second-order valence-electron chi connectivity index (χ2n) is 14.6. The van der Waals surface area contributed by atoms with Gasteiger partial charge in [-0.1, -0.05) is 65.9 Å². The van der Waals surface area contributed by atoms with Crippen LogP contribution in [0.3, 0.4) is 0 Å². The molecule has 0 saturated carbocycles. The van der Waals surface area contributed by atoms with Gasteiger partial charge in [0.15, 0.2) is 5.13 Å². The SMILES string of the molecule is O=C(NS(=O)(=O)c1ccc(C[C@H](CCN2CCOCC2)CSc2ccccc2)c(F)c1)c1cccc(N2CCc3cccc(C(=O)Nc4nc5ccccc5s4)c3C2)n1. The van der Waals surface area contributed by atoms with Crippen molar-refractivity contribution < 1.29 is 27.1 Å². The summed E-state index contributed by atoms with van der Waals surface area (Å²) in [6.45, 7) is 4.92. The van der Waals surface area contributed by atoms with Crippen LogP contribution in [0.2, 0.25) is 0 Å². The van der Waals surface area contributed by atoms with Crippen LogP contribution in [0.4, 0.5) is 15.3 Å². The fourth-order valence-electron chi connectivity index (χ4n) is 7.38. The van der Waals surface area contributed by atoms with Crippen molar-refractivity contribution in [2.75, 3.05) is 55.4 Å². The van der Waals surface area contributed by atoms with Crippen molar-refractivity contribution in [3.05, 3.63) is 143 Å². The number of amides is 2. The molecule has 0 radical (unpaired) electrons. The van der Waals surface area contributed by atoms with Crippen molar-refractivity contribution in [1.82, 2.24) is 19.6 Å². The van der Waals surface area contributed by atoms with Crippen LogP contribution >= 0.6 is 23.1 Å². The lowest BCUT2D eigenvalue weighted by molar-refractivity contribution is 0.0357. The van der Waals surface area contributed by atoms with Crippen LogP contribution in [-0.2, 0) is 34.1 Å². The number of sulfonamides is 1. The molecule has 2 aliphatic heterocycles. The number of pyridine rings is 1. The molecule has 11 nitrogen and oxygen atoms in total. The number of anilines is 2. The molecule has 6 aromatic rings. The summed E-state index contributed by atoms with van der Waals surface area (Å²) in [6.07, 6.45) is 1.93. The summed E-state index contributed by atoms with van der Waals surface area (Å²) < 4.78 is 51.1. The van der Waals surface area contributed by atoms with E-state index >= 15 is 4.39 Å². The first-order valence-corrected chi connectivity index (χ1v) is 22.8. The normalized spacial score (nSPS) is 15.1. The van der Waals surface area contributed by atoms with E-state index in [1.807, 2.05) is 59.5 Å². The third kappa shape index (κ3) is 9.99. The number of morpholine rings is 1. The number of rotatable bonds is 14. The van der Waals surface area contributed by atoms with Gasteiger partial charge < -0.3 is 9.64 Å². The van der Waals surface area contributed by atoms with Gasteiger partial charge in [-0.25, -0.2) is 27.5 Å². The van der Waals surface area contributed by atoms with Gasteiger partial charge in [-0.3, -0.25) is 19.8 Å². The first-order chi connectivity index (χ1) is 28.7. The van der Waals surface area contributed by atoms with Gasteiger partial charge in [0, 0.05) is 42.4 Å². The van der Waals surface area contributed by atoms with Gasteiger partial charge in [-0.2, -0.15) is 0 Å². The predicted octanol–water partition coefficient (Wildman–Crippen LogP) is 7.44. The number of ether oxygens (including phenoxy) is 1. The van der Waals surface area contributed by atoms with Gasteiger partial charge in [0.05, 0.1) is 28.3 Å². The van der Waals surface area contributed by atoms with E-state index in [0.29, 0.717) is 61.2 Å². The van der Waals surface area contributed by atoms with Crippen LogP contribution in [0.5, 0.6) is 0 Å². The van der Waals surface area contributed by atoms with Crippen molar-refractivity contribution in [3.63, 3.8) is 0 Å². The minimum absolute atomic E-state index is 0.116. The zero-order chi connectivity index (χ0) is 40.8. The zero-order valence-electron chi connectivity index (χ0n) is 32.2. The van der Waals surface area contributed by atoms with Crippen molar-refractivity contribution in [2.45, 2.75) is 35.6 Å². The van der Waals surface area contributed by atoms with Gasteiger partial charge >= 0.3 is 0 Å². The molecule has 0 spiro atoms. The lowest BCUT2D eigenvalue weighted by atomic mass is 9.94. The maximum Gasteiger partial charge on any atom is 0.283 e. The first kappa shape index (κ1) is 40.6. The van der Waals surface area contributed by atoms with E-state index in [0.717, 1.165) is 64.1 Å². The molecule has 0 unspecified atom stereocenters. The maximum atomic E-state index is 15.7.